The molecule has 0 saturated heterocycles. The molecule has 0 aromatic carbocycles. The Morgan fingerprint density at radius 1 is 1.48 bits per heavy atom. The molecular formula is C12H15F3N4O2. The molecule has 2 heterocycles. The van der Waals surface area contributed by atoms with Crippen LogP contribution in [0.4, 0.5) is 13.2 Å². The van der Waals surface area contributed by atoms with Gasteiger partial charge in [0.2, 0.25) is 0 Å². The zero-order chi connectivity index (χ0) is 16.0. The third-order valence-corrected chi connectivity index (χ3v) is 3.27. The normalized spacial score (nSPS) is 24.1. The van der Waals surface area contributed by atoms with Gasteiger partial charge in [-0.1, -0.05) is 0 Å². The van der Waals surface area contributed by atoms with Crippen LogP contribution in [0, 0.1) is 6.92 Å². The number of carbonyl (C=O) groups excluding carboxylic acids is 1. The molecule has 0 spiro atoms. The lowest BCUT2D eigenvalue weighted by Crippen LogP contribution is -2.57. The van der Waals surface area contributed by atoms with Gasteiger partial charge in [0.1, 0.15) is 6.04 Å². The molecule has 9 heteroatoms. The van der Waals surface area contributed by atoms with E-state index < -0.39 is 30.3 Å². The van der Waals surface area contributed by atoms with Crippen molar-refractivity contribution in [3.8, 4) is 0 Å². The van der Waals surface area contributed by atoms with Gasteiger partial charge in [0, 0.05) is 18.3 Å². The highest BCUT2D eigenvalue weighted by Gasteiger charge is 2.63. The summed E-state index contributed by atoms with van der Waals surface area (Å²) in [6, 6.07) is -1.01. The molecule has 0 bridgehead atoms. The van der Waals surface area contributed by atoms with Gasteiger partial charge in [0.05, 0.1) is 6.20 Å². The van der Waals surface area contributed by atoms with Crippen molar-refractivity contribution in [2.75, 3.05) is 0 Å². The molecule has 6 nitrogen and oxygen atoms in total. The summed E-state index contributed by atoms with van der Waals surface area (Å²) in [7, 11) is 0. The SMILES string of the molecule is CC1=NN(C(=O)C(C)n2cc(C)cn2)C(O)(C(F)(F)F)C1. The van der Waals surface area contributed by atoms with Crippen LogP contribution < -0.4 is 0 Å². The van der Waals surface area contributed by atoms with E-state index in [4.69, 9.17) is 0 Å². The first-order valence-corrected chi connectivity index (χ1v) is 6.24. The number of amides is 1. The highest BCUT2D eigenvalue weighted by atomic mass is 19.4. The zero-order valence-electron chi connectivity index (χ0n) is 11.7. The molecule has 0 fully saturated rings. The predicted molar refractivity (Wildman–Crippen MR) is 67.3 cm³/mol. The van der Waals surface area contributed by atoms with Gasteiger partial charge in [-0.2, -0.15) is 28.4 Å². The van der Waals surface area contributed by atoms with Gasteiger partial charge in [-0.05, 0) is 26.3 Å². The Kier molecular flexibility index (Phi) is 3.56. The smallest absolute Gasteiger partial charge is 0.362 e. The molecule has 0 saturated carbocycles. The Balaban J connectivity index is 2.32. The fourth-order valence-electron chi connectivity index (χ4n) is 2.11. The number of alkyl halides is 3. The molecule has 1 aromatic heterocycles. The molecule has 116 valence electrons. The molecule has 1 aliphatic heterocycles. The van der Waals surface area contributed by atoms with Gasteiger partial charge >= 0.3 is 6.18 Å². The number of halogens is 3. The lowest BCUT2D eigenvalue weighted by Gasteiger charge is -2.33. The zero-order valence-corrected chi connectivity index (χ0v) is 11.7. The first kappa shape index (κ1) is 15.5. The minimum absolute atomic E-state index is 0.0343. The molecule has 1 N–H and O–H groups in total. The summed E-state index contributed by atoms with van der Waals surface area (Å²) in [6.07, 6.45) is -2.74. The second-order valence-electron chi connectivity index (χ2n) is 5.15. The minimum atomic E-state index is -5.00. The Bertz CT molecular complexity index is 596. The van der Waals surface area contributed by atoms with Gasteiger partial charge < -0.3 is 5.11 Å². The minimum Gasteiger partial charge on any atom is -0.362 e. The molecule has 1 amide bonds. The van der Waals surface area contributed by atoms with Gasteiger partial charge in [-0.15, -0.1) is 0 Å². The summed E-state index contributed by atoms with van der Waals surface area (Å²) < 4.78 is 40.4. The number of hydrogen-bond acceptors (Lipinski definition) is 4. The number of aryl methyl sites for hydroxylation is 1. The largest absolute Gasteiger partial charge is 0.438 e. The van der Waals surface area contributed by atoms with E-state index in [1.165, 1.54) is 30.9 Å². The van der Waals surface area contributed by atoms with Crippen molar-refractivity contribution in [3.05, 3.63) is 18.0 Å². The summed E-state index contributed by atoms with van der Waals surface area (Å²) in [5.41, 5.74) is -2.50. The lowest BCUT2D eigenvalue weighted by molar-refractivity contribution is -0.303. The van der Waals surface area contributed by atoms with Crippen molar-refractivity contribution in [2.45, 2.75) is 45.1 Å². The molecule has 2 atom stereocenters. The first-order valence-electron chi connectivity index (χ1n) is 6.24. The maximum absolute atomic E-state index is 13.1. The van der Waals surface area contributed by atoms with E-state index in [0.29, 0.717) is 0 Å². The highest BCUT2D eigenvalue weighted by Crippen LogP contribution is 2.41. The summed E-state index contributed by atoms with van der Waals surface area (Å²) in [5.74, 6) is -0.977. The molecule has 2 unspecified atom stereocenters. The second-order valence-corrected chi connectivity index (χ2v) is 5.15. The van der Waals surface area contributed by atoms with E-state index >= 15 is 0 Å². The number of aromatic nitrogens is 2. The third-order valence-electron chi connectivity index (χ3n) is 3.27. The summed E-state index contributed by atoms with van der Waals surface area (Å²) in [4.78, 5) is 12.3. The van der Waals surface area contributed by atoms with Crippen LogP contribution in [-0.4, -0.2) is 43.4 Å². The Hall–Kier alpha value is -1.90. The van der Waals surface area contributed by atoms with Crippen molar-refractivity contribution in [1.82, 2.24) is 14.8 Å². The Morgan fingerprint density at radius 3 is 2.57 bits per heavy atom. The van der Waals surface area contributed by atoms with Crippen molar-refractivity contribution in [3.63, 3.8) is 0 Å². The van der Waals surface area contributed by atoms with Gasteiger partial charge in [0.15, 0.2) is 0 Å². The van der Waals surface area contributed by atoms with Crippen molar-refractivity contribution in [1.29, 1.82) is 0 Å². The van der Waals surface area contributed by atoms with E-state index in [0.717, 1.165) is 5.56 Å². The molecule has 2 rings (SSSR count). The van der Waals surface area contributed by atoms with Crippen LogP contribution in [0.25, 0.3) is 0 Å². The van der Waals surface area contributed by atoms with Crippen LogP contribution in [0.5, 0.6) is 0 Å². The maximum atomic E-state index is 13.1. The Morgan fingerprint density at radius 2 is 2.10 bits per heavy atom. The average molecular weight is 304 g/mol. The second kappa shape index (κ2) is 4.83. The van der Waals surface area contributed by atoms with Crippen molar-refractivity contribution >= 4 is 11.6 Å². The van der Waals surface area contributed by atoms with Gasteiger partial charge in [0.25, 0.3) is 11.6 Å². The van der Waals surface area contributed by atoms with Gasteiger partial charge in [-0.3, -0.25) is 9.48 Å². The topological polar surface area (TPSA) is 70.7 Å². The van der Waals surface area contributed by atoms with E-state index in [1.807, 2.05) is 0 Å². The van der Waals surface area contributed by atoms with Crippen molar-refractivity contribution < 1.29 is 23.1 Å². The fraction of sp³-hybridized carbons (Fsp3) is 0.583. The van der Waals surface area contributed by atoms with Crippen LogP contribution in [0.3, 0.4) is 0 Å². The average Bonchev–Trinajstić information content (AvgIpc) is 2.91. The van der Waals surface area contributed by atoms with E-state index in [2.05, 4.69) is 10.2 Å². The highest BCUT2D eigenvalue weighted by molar-refractivity contribution is 5.90. The third kappa shape index (κ3) is 2.53. The standard InChI is InChI=1S/C12H15F3N4O2/c1-7-5-16-18(6-7)9(3)10(20)19-11(21,12(13,14)15)4-8(2)17-19/h5-6,9,21H,4H2,1-3H3. The lowest BCUT2D eigenvalue weighted by atomic mass is 10.1. The van der Waals surface area contributed by atoms with Crippen LogP contribution >= 0.6 is 0 Å². The number of carbonyl (C=O) groups is 1. The first-order chi connectivity index (χ1) is 9.56. The van der Waals surface area contributed by atoms with E-state index in [-0.39, 0.29) is 10.7 Å². The summed E-state index contributed by atoms with van der Waals surface area (Å²) in [5, 5.41) is 17.4. The van der Waals surface area contributed by atoms with Gasteiger partial charge in [-0.25, -0.2) is 0 Å². The number of hydrazone groups is 1. The van der Waals surface area contributed by atoms with Crippen LogP contribution in [0.15, 0.2) is 17.5 Å². The summed E-state index contributed by atoms with van der Waals surface area (Å²) >= 11 is 0. The number of hydrogen-bond donors (Lipinski definition) is 1. The van der Waals surface area contributed by atoms with Crippen LogP contribution in [0.2, 0.25) is 0 Å². The molecule has 0 aliphatic carbocycles. The van der Waals surface area contributed by atoms with Crippen molar-refractivity contribution in [2.24, 2.45) is 5.10 Å². The summed E-state index contributed by atoms with van der Waals surface area (Å²) in [6.45, 7) is 4.46. The monoisotopic (exact) mass is 304 g/mol. The Labute approximate surface area is 118 Å². The quantitative estimate of drug-likeness (QED) is 0.902. The van der Waals surface area contributed by atoms with Crippen LogP contribution in [-0.2, 0) is 4.79 Å². The molecular weight excluding hydrogens is 289 g/mol. The number of nitrogens with zero attached hydrogens (tertiary/aromatic N) is 4. The number of aliphatic hydroxyl groups is 1. The van der Waals surface area contributed by atoms with Crippen LogP contribution in [0.1, 0.15) is 31.9 Å². The predicted octanol–water partition coefficient (Wildman–Crippen LogP) is 1.61. The molecule has 1 aliphatic rings. The molecule has 21 heavy (non-hydrogen) atoms. The van der Waals surface area contributed by atoms with E-state index in [1.54, 1.807) is 6.92 Å². The fourth-order valence-corrected chi connectivity index (χ4v) is 2.11. The maximum Gasteiger partial charge on any atom is 0.438 e. The molecule has 1 aromatic rings. The number of rotatable bonds is 2. The molecule has 0 radical (unpaired) electrons. The van der Waals surface area contributed by atoms with E-state index in [9.17, 15) is 23.1 Å².